The number of hydrogen-bond donors (Lipinski definition) is 1. The molecule has 1 atom stereocenters. The molecule has 2 aromatic heterocycles. The molecule has 2 heterocycles. The largest absolute Gasteiger partial charge is 0.481 e. The van der Waals surface area contributed by atoms with Crippen LogP contribution in [0.15, 0.2) is 24.5 Å². The van der Waals surface area contributed by atoms with Crippen molar-refractivity contribution in [3.05, 3.63) is 41.6 Å². The second kappa shape index (κ2) is 9.06. The molecule has 10 heteroatoms. The number of imidazole rings is 1. The summed E-state index contributed by atoms with van der Waals surface area (Å²) in [7, 11) is 0.157. The molecule has 1 N–H and O–H groups in total. The third kappa shape index (κ3) is 6.32. The van der Waals surface area contributed by atoms with Crippen molar-refractivity contribution in [2.45, 2.75) is 51.1 Å². The second-order valence-electron chi connectivity index (χ2n) is 7.71. The van der Waals surface area contributed by atoms with Crippen LogP contribution in [0.3, 0.4) is 0 Å². The van der Waals surface area contributed by atoms with Crippen molar-refractivity contribution >= 4 is 8.07 Å². The van der Waals surface area contributed by atoms with E-state index in [0.29, 0.717) is 24.6 Å². The van der Waals surface area contributed by atoms with E-state index in [0.717, 1.165) is 11.6 Å². The highest BCUT2D eigenvalue weighted by Crippen LogP contribution is 2.32. The number of aromatic nitrogens is 3. The maximum Gasteiger partial charge on any atom is 0.421 e. The van der Waals surface area contributed by atoms with E-state index in [1.165, 1.54) is 17.9 Å². The van der Waals surface area contributed by atoms with Crippen molar-refractivity contribution in [3.8, 4) is 5.88 Å². The lowest BCUT2D eigenvalue weighted by molar-refractivity contribution is -0.210. The van der Waals surface area contributed by atoms with Crippen LogP contribution in [0, 0.1) is 0 Å². The summed E-state index contributed by atoms with van der Waals surface area (Å²) in [6, 6.07) is 4.32. The van der Waals surface area contributed by atoms with Crippen molar-refractivity contribution < 1.29 is 27.8 Å². The molecule has 0 spiro atoms. The Morgan fingerprint density at radius 1 is 1.25 bits per heavy atom. The van der Waals surface area contributed by atoms with Gasteiger partial charge in [0.15, 0.2) is 0 Å². The quantitative estimate of drug-likeness (QED) is 0.497. The second-order valence-corrected chi connectivity index (χ2v) is 13.3. The van der Waals surface area contributed by atoms with Crippen molar-refractivity contribution in [2.24, 2.45) is 0 Å². The summed E-state index contributed by atoms with van der Waals surface area (Å²) < 4.78 is 51.1. The molecule has 0 aliphatic rings. The van der Waals surface area contributed by atoms with Crippen LogP contribution in [0.2, 0.25) is 25.7 Å². The fourth-order valence-corrected chi connectivity index (χ4v) is 3.25. The molecule has 0 aromatic carbocycles. The van der Waals surface area contributed by atoms with Gasteiger partial charge in [-0.2, -0.15) is 13.2 Å². The van der Waals surface area contributed by atoms with E-state index in [-0.39, 0.29) is 6.73 Å². The van der Waals surface area contributed by atoms with Gasteiger partial charge < -0.3 is 19.1 Å². The summed E-state index contributed by atoms with van der Waals surface area (Å²) in [5, 5.41) is 9.70. The van der Waals surface area contributed by atoms with Gasteiger partial charge in [0.1, 0.15) is 12.6 Å². The summed E-state index contributed by atoms with van der Waals surface area (Å²) in [4.78, 5) is 7.84. The van der Waals surface area contributed by atoms with E-state index in [4.69, 9.17) is 9.47 Å². The number of aliphatic hydroxyl groups is 1. The maximum absolute atomic E-state index is 13.0. The highest BCUT2D eigenvalue weighted by Gasteiger charge is 2.42. The fraction of sp³-hybridized carbons (Fsp3) is 0.556. The average molecular weight is 418 g/mol. The van der Waals surface area contributed by atoms with Crippen LogP contribution >= 0.6 is 0 Å². The summed E-state index contributed by atoms with van der Waals surface area (Å²) in [6.07, 6.45) is -4.29. The highest BCUT2D eigenvalue weighted by atomic mass is 28.3. The Hall–Kier alpha value is -1.91. The number of pyridine rings is 1. The first-order valence-corrected chi connectivity index (χ1v) is 12.6. The number of nitrogens with zero attached hydrogens (tertiary/aromatic N) is 3. The van der Waals surface area contributed by atoms with Gasteiger partial charge in [0.2, 0.25) is 12.0 Å². The molecule has 0 saturated heterocycles. The number of halogens is 3. The third-order valence-electron chi connectivity index (χ3n) is 4.13. The van der Waals surface area contributed by atoms with Gasteiger partial charge in [-0.05, 0) is 17.7 Å². The van der Waals surface area contributed by atoms with Crippen LogP contribution in [0.5, 0.6) is 5.88 Å². The van der Waals surface area contributed by atoms with Gasteiger partial charge in [-0.1, -0.05) is 19.6 Å². The lowest BCUT2D eigenvalue weighted by Crippen LogP contribution is -2.26. The van der Waals surface area contributed by atoms with Gasteiger partial charge in [0, 0.05) is 45.3 Å². The lowest BCUT2D eigenvalue weighted by atomic mass is 10.1. The number of methoxy groups -OCH3 is 1. The van der Waals surface area contributed by atoms with Crippen LogP contribution in [-0.2, 0) is 17.9 Å². The molecule has 1 unspecified atom stereocenters. The summed E-state index contributed by atoms with van der Waals surface area (Å²) in [5.41, 5.74) is 1.29. The van der Waals surface area contributed by atoms with E-state index in [9.17, 15) is 18.3 Å². The predicted octanol–water partition coefficient (Wildman–Crippen LogP) is 3.79. The molecule has 0 fully saturated rings. The minimum Gasteiger partial charge on any atom is -0.481 e. The van der Waals surface area contributed by atoms with Gasteiger partial charge >= 0.3 is 6.18 Å². The van der Waals surface area contributed by atoms with Crippen LogP contribution < -0.4 is 4.74 Å². The SMILES string of the molecule is COc1cc(Cc2cnc(C(O)C(F)(F)F)n2COCC[Si](C)(C)C)ccn1. The number of rotatable bonds is 9. The number of alkyl halides is 3. The molecule has 28 heavy (non-hydrogen) atoms. The van der Waals surface area contributed by atoms with Crippen LogP contribution in [0.25, 0.3) is 0 Å². The molecule has 2 rings (SSSR count). The molecule has 156 valence electrons. The third-order valence-corrected chi connectivity index (χ3v) is 5.84. The van der Waals surface area contributed by atoms with Crippen molar-refractivity contribution in [1.29, 1.82) is 0 Å². The first-order chi connectivity index (χ1) is 13.0. The van der Waals surface area contributed by atoms with E-state index in [1.807, 2.05) is 0 Å². The zero-order chi connectivity index (χ0) is 20.9. The molecule has 0 amide bonds. The lowest BCUT2D eigenvalue weighted by Gasteiger charge is -2.19. The van der Waals surface area contributed by atoms with Crippen molar-refractivity contribution in [1.82, 2.24) is 14.5 Å². The van der Waals surface area contributed by atoms with E-state index < -0.39 is 26.2 Å². The molecule has 0 radical (unpaired) electrons. The average Bonchev–Trinajstić information content (AvgIpc) is 2.99. The first kappa shape index (κ1) is 22.4. The van der Waals surface area contributed by atoms with Crippen LogP contribution in [0.1, 0.15) is 23.2 Å². The van der Waals surface area contributed by atoms with Crippen molar-refractivity contribution in [3.63, 3.8) is 0 Å². The van der Waals surface area contributed by atoms with Gasteiger partial charge in [-0.15, -0.1) is 0 Å². The van der Waals surface area contributed by atoms with Gasteiger partial charge in [0.05, 0.1) is 7.11 Å². The highest BCUT2D eigenvalue weighted by molar-refractivity contribution is 6.76. The molecule has 6 nitrogen and oxygen atoms in total. The van der Waals surface area contributed by atoms with Crippen molar-refractivity contribution in [2.75, 3.05) is 13.7 Å². The summed E-state index contributed by atoms with van der Waals surface area (Å²) >= 11 is 0. The standard InChI is InChI=1S/C18H26F3N3O3Si/c1-26-15-10-13(5-6-22-15)9-14-11-23-17(16(25)18(19,20)21)24(14)12-27-7-8-28(2,3)4/h5-6,10-11,16,25H,7-9,12H2,1-4H3. The van der Waals surface area contributed by atoms with Gasteiger partial charge in [-0.3, -0.25) is 0 Å². The Labute approximate surface area is 163 Å². The summed E-state index contributed by atoms with van der Waals surface area (Å²) in [6.45, 7) is 6.90. The minimum absolute atomic E-state index is 0.107. The molecule has 0 aliphatic carbocycles. The van der Waals surface area contributed by atoms with Crippen LogP contribution in [0.4, 0.5) is 13.2 Å². The Morgan fingerprint density at radius 2 is 1.96 bits per heavy atom. The monoisotopic (exact) mass is 417 g/mol. The normalized spacial score (nSPS) is 13.6. The molecular weight excluding hydrogens is 391 g/mol. The number of hydrogen-bond acceptors (Lipinski definition) is 5. The van der Waals surface area contributed by atoms with E-state index >= 15 is 0 Å². The zero-order valence-electron chi connectivity index (χ0n) is 16.5. The Morgan fingerprint density at radius 3 is 2.57 bits per heavy atom. The van der Waals surface area contributed by atoms with Crippen LogP contribution in [-0.4, -0.2) is 47.6 Å². The Kier molecular flexibility index (Phi) is 7.24. The minimum atomic E-state index is -4.81. The summed E-state index contributed by atoms with van der Waals surface area (Å²) in [5.74, 6) is -0.0676. The van der Waals surface area contributed by atoms with Gasteiger partial charge in [-0.25, -0.2) is 9.97 Å². The Bertz CT molecular complexity index is 775. The Balaban J connectivity index is 2.24. The molecule has 2 aromatic rings. The molecule has 0 bridgehead atoms. The molecule has 0 aliphatic heterocycles. The van der Waals surface area contributed by atoms with Gasteiger partial charge in [0.25, 0.3) is 0 Å². The van der Waals surface area contributed by atoms with E-state index in [2.05, 4.69) is 29.6 Å². The smallest absolute Gasteiger partial charge is 0.421 e. The zero-order valence-corrected chi connectivity index (χ0v) is 17.5. The number of ether oxygens (including phenoxy) is 2. The topological polar surface area (TPSA) is 69.4 Å². The fourth-order valence-electron chi connectivity index (χ4n) is 2.50. The maximum atomic E-state index is 13.0. The molecule has 0 saturated carbocycles. The first-order valence-electron chi connectivity index (χ1n) is 8.87. The predicted molar refractivity (Wildman–Crippen MR) is 101 cm³/mol. The molecular formula is C18H26F3N3O3Si. The number of aliphatic hydroxyl groups excluding tert-OH is 1. The van der Waals surface area contributed by atoms with E-state index in [1.54, 1.807) is 18.3 Å².